The van der Waals surface area contributed by atoms with E-state index < -0.39 is 5.97 Å². The van der Waals surface area contributed by atoms with Crippen LogP contribution in [-0.2, 0) is 0 Å². The molecule has 0 saturated carbocycles. The maximum Gasteiger partial charge on any atom is 0.335 e. The largest absolute Gasteiger partial charge is 1.00 e. The lowest BCUT2D eigenvalue weighted by Gasteiger charge is -1.97. The van der Waals surface area contributed by atoms with E-state index in [-0.39, 0.29) is 17.0 Å². The number of carboxylic acids is 1. The van der Waals surface area contributed by atoms with Gasteiger partial charge in [-0.3, -0.25) is 0 Å². The van der Waals surface area contributed by atoms with Crippen molar-refractivity contribution in [1.29, 1.82) is 0 Å². The standard InChI is InChI=1S/C13H11NO2.BrH/c1-10-5-7-14(8-6-10)12-4-2-3-11(9-12)13(15)16;/h2-9H,1H3;1H. The highest BCUT2D eigenvalue weighted by molar-refractivity contribution is 5.88. The lowest BCUT2D eigenvalue weighted by molar-refractivity contribution is -0.595. The number of rotatable bonds is 2. The van der Waals surface area contributed by atoms with Gasteiger partial charge in [-0.05, 0) is 18.6 Å². The Kier molecular flexibility index (Phi) is 4.40. The molecular formula is C13H12BrNO2. The highest BCUT2D eigenvalue weighted by Crippen LogP contribution is 2.05. The van der Waals surface area contributed by atoms with Gasteiger partial charge in [0.05, 0.1) is 5.56 Å². The summed E-state index contributed by atoms with van der Waals surface area (Å²) in [7, 11) is 0. The zero-order valence-electron chi connectivity index (χ0n) is 9.30. The van der Waals surface area contributed by atoms with E-state index in [0.717, 1.165) is 5.69 Å². The summed E-state index contributed by atoms with van der Waals surface area (Å²) in [5.41, 5.74) is 2.32. The Morgan fingerprint density at radius 2 is 1.82 bits per heavy atom. The molecule has 0 aliphatic carbocycles. The summed E-state index contributed by atoms with van der Waals surface area (Å²) in [6.45, 7) is 2.01. The molecule has 2 aromatic rings. The van der Waals surface area contributed by atoms with Crippen molar-refractivity contribution >= 4 is 5.97 Å². The number of aryl methyl sites for hydroxylation is 1. The van der Waals surface area contributed by atoms with Gasteiger partial charge in [0.2, 0.25) is 5.69 Å². The maximum absolute atomic E-state index is 10.8. The second kappa shape index (κ2) is 5.59. The number of hydrogen-bond donors (Lipinski definition) is 1. The molecule has 4 heteroatoms. The summed E-state index contributed by atoms with van der Waals surface area (Å²) < 4.78 is 1.89. The molecule has 0 aliphatic rings. The Labute approximate surface area is 110 Å². The van der Waals surface area contributed by atoms with Gasteiger partial charge in [0.25, 0.3) is 0 Å². The van der Waals surface area contributed by atoms with Crippen LogP contribution in [0.5, 0.6) is 0 Å². The molecular weight excluding hydrogens is 282 g/mol. The molecule has 0 saturated heterocycles. The van der Waals surface area contributed by atoms with Crippen LogP contribution in [-0.4, -0.2) is 11.1 Å². The van der Waals surface area contributed by atoms with Gasteiger partial charge in [0, 0.05) is 24.3 Å². The van der Waals surface area contributed by atoms with Gasteiger partial charge in [0.15, 0.2) is 12.4 Å². The molecule has 1 aromatic heterocycles. The first-order valence-corrected chi connectivity index (χ1v) is 4.98. The average Bonchev–Trinajstić information content (AvgIpc) is 2.30. The summed E-state index contributed by atoms with van der Waals surface area (Å²) in [5, 5.41) is 8.89. The third-order valence-electron chi connectivity index (χ3n) is 2.39. The topological polar surface area (TPSA) is 41.2 Å². The van der Waals surface area contributed by atoms with Crippen LogP contribution in [0.15, 0.2) is 48.8 Å². The number of carbonyl (C=O) groups is 1. The third kappa shape index (κ3) is 3.14. The zero-order chi connectivity index (χ0) is 11.5. The molecule has 0 unspecified atom stereocenters. The van der Waals surface area contributed by atoms with E-state index in [1.165, 1.54) is 5.56 Å². The number of carboxylic acid groups (broad SMARTS) is 1. The quantitative estimate of drug-likeness (QED) is 0.720. The summed E-state index contributed by atoms with van der Waals surface area (Å²) in [4.78, 5) is 10.8. The van der Waals surface area contributed by atoms with Crippen LogP contribution in [0.1, 0.15) is 15.9 Å². The van der Waals surface area contributed by atoms with Crippen LogP contribution < -0.4 is 21.5 Å². The number of aromatic carboxylic acids is 1. The van der Waals surface area contributed by atoms with Crippen LogP contribution in [0.25, 0.3) is 5.69 Å². The van der Waals surface area contributed by atoms with E-state index in [2.05, 4.69) is 0 Å². The second-order valence-electron chi connectivity index (χ2n) is 3.64. The number of halogens is 1. The fraction of sp³-hybridized carbons (Fsp3) is 0.0769. The van der Waals surface area contributed by atoms with Gasteiger partial charge < -0.3 is 22.1 Å². The average molecular weight is 294 g/mol. The van der Waals surface area contributed by atoms with Crippen molar-refractivity contribution in [2.75, 3.05) is 0 Å². The van der Waals surface area contributed by atoms with Crippen molar-refractivity contribution in [3.05, 3.63) is 59.9 Å². The highest BCUT2D eigenvalue weighted by Gasteiger charge is 2.09. The molecule has 0 bridgehead atoms. The Balaban J connectivity index is 0.00000144. The molecule has 88 valence electrons. The minimum Gasteiger partial charge on any atom is -1.00 e. The highest BCUT2D eigenvalue weighted by atomic mass is 79.9. The van der Waals surface area contributed by atoms with Crippen LogP contribution in [0.2, 0.25) is 0 Å². The van der Waals surface area contributed by atoms with Crippen molar-refractivity contribution in [3.63, 3.8) is 0 Å². The molecule has 0 radical (unpaired) electrons. The smallest absolute Gasteiger partial charge is 0.335 e. The van der Waals surface area contributed by atoms with E-state index >= 15 is 0 Å². The minimum atomic E-state index is -0.908. The van der Waals surface area contributed by atoms with E-state index in [1.54, 1.807) is 18.2 Å². The van der Waals surface area contributed by atoms with Crippen molar-refractivity contribution < 1.29 is 31.4 Å². The summed E-state index contributed by atoms with van der Waals surface area (Å²) in [6.07, 6.45) is 3.83. The van der Waals surface area contributed by atoms with Gasteiger partial charge in [-0.1, -0.05) is 6.07 Å². The van der Waals surface area contributed by atoms with E-state index in [1.807, 2.05) is 42.1 Å². The maximum atomic E-state index is 10.8. The van der Waals surface area contributed by atoms with Gasteiger partial charge in [-0.15, -0.1) is 0 Å². The zero-order valence-corrected chi connectivity index (χ0v) is 10.9. The van der Waals surface area contributed by atoms with Crippen molar-refractivity contribution in [1.82, 2.24) is 0 Å². The summed E-state index contributed by atoms with van der Waals surface area (Å²) >= 11 is 0. The van der Waals surface area contributed by atoms with Crippen molar-refractivity contribution in [3.8, 4) is 5.69 Å². The number of hydrogen-bond acceptors (Lipinski definition) is 1. The van der Waals surface area contributed by atoms with Gasteiger partial charge in [0.1, 0.15) is 0 Å². The van der Waals surface area contributed by atoms with Gasteiger partial charge in [-0.25, -0.2) is 4.79 Å². The Bertz CT molecular complexity index is 523. The van der Waals surface area contributed by atoms with E-state index in [9.17, 15) is 4.79 Å². The predicted molar refractivity (Wildman–Crippen MR) is 59.7 cm³/mol. The molecule has 1 aromatic carbocycles. The van der Waals surface area contributed by atoms with Gasteiger partial charge in [-0.2, -0.15) is 4.57 Å². The lowest BCUT2D eigenvalue weighted by atomic mass is 10.2. The third-order valence-corrected chi connectivity index (χ3v) is 2.39. The van der Waals surface area contributed by atoms with Crippen LogP contribution in [0, 0.1) is 6.92 Å². The number of benzene rings is 1. The molecule has 1 heterocycles. The van der Waals surface area contributed by atoms with Crippen molar-refractivity contribution in [2.24, 2.45) is 0 Å². The lowest BCUT2D eigenvalue weighted by Crippen LogP contribution is -3.00. The first kappa shape index (κ1) is 13.4. The molecule has 0 aliphatic heterocycles. The van der Waals surface area contributed by atoms with Crippen LogP contribution in [0.3, 0.4) is 0 Å². The number of nitrogens with zero attached hydrogens (tertiary/aromatic N) is 1. The summed E-state index contributed by atoms with van der Waals surface area (Å²) in [5.74, 6) is -0.908. The summed E-state index contributed by atoms with van der Waals surface area (Å²) in [6, 6.07) is 10.8. The molecule has 1 N–H and O–H groups in total. The molecule has 2 rings (SSSR count). The SMILES string of the molecule is Cc1cc[n+](-c2cccc(C(=O)O)c2)cc1.[Br-]. The van der Waals surface area contributed by atoms with E-state index in [4.69, 9.17) is 5.11 Å². The van der Waals surface area contributed by atoms with Crippen LogP contribution >= 0.6 is 0 Å². The first-order chi connectivity index (χ1) is 7.66. The predicted octanol–water partition coefficient (Wildman–Crippen LogP) is -1.03. The van der Waals surface area contributed by atoms with Crippen LogP contribution in [0.4, 0.5) is 0 Å². The first-order valence-electron chi connectivity index (χ1n) is 4.98. The Hall–Kier alpha value is -1.68. The fourth-order valence-electron chi connectivity index (χ4n) is 1.47. The number of aromatic nitrogens is 1. The Morgan fingerprint density at radius 3 is 2.41 bits per heavy atom. The molecule has 0 amide bonds. The number of pyridine rings is 1. The van der Waals surface area contributed by atoms with Crippen molar-refractivity contribution in [2.45, 2.75) is 6.92 Å². The molecule has 17 heavy (non-hydrogen) atoms. The molecule has 0 atom stereocenters. The normalized spacial score (nSPS) is 9.47. The molecule has 0 spiro atoms. The minimum absolute atomic E-state index is 0. The van der Waals surface area contributed by atoms with Gasteiger partial charge >= 0.3 is 5.97 Å². The fourth-order valence-corrected chi connectivity index (χ4v) is 1.47. The molecule has 3 nitrogen and oxygen atoms in total. The second-order valence-corrected chi connectivity index (χ2v) is 3.64. The monoisotopic (exact) mass is 293 g/mol. The Morgan fingerprint density at radius 1 is 1.18 bits per heavy atom. The van der Waals surface area contributed by atoms with E-state index in [0.29, 0.717) is 5.56 Å². The molecule has 0 fully saturated rings.